The highest BCUT2D eigenvalue weighted by Gasteiger charge is 2.24. The van der Waals surface area contributed by atoms with E-state index in [1.54, 1.807) is 6.20 Å². The Morgan fingerprint density at radius 2 is 1.43 bits per heavy atom. The number of rotatable bonds is 28. The molecule has 51 heavy (non-hydrogen) atoms. The number of urea groups is 1. The van der Waals surface area contributed by atoms with Gasteiger partial charge in [-0.2, -0.15) is 0 Å². The quantitative estimate of drug-likeness (QED) is 0.0433. The third kappa shape index (κ3) is 17.5. The van der Waals surface area contributed by atoms with Gasteiger partial charge < -0.3 is 56.0 Å². The highest BCUT2D eigenvalue weighted by molar-refractivity contribution is 5.96. The van der Waals surface area contributed by atoms with E-state index in [4.69, 9.17) is 34.9 Å². The molecule has 0 saturated heterocycles. The first-order valence-corrected chi connectivity index (χ1v) is 16.1. The van der Waals surface area contributed by atoms with Gasteiger partial charge in [-0.25, -0.2) is 19.1 Å². The maximum Gasteiger partial charge on any atom is 0.326 e. The van der Waals surface area contributed by atoms with Crippen LogP contribution in [0.15, 0.2) is 24.4 Å². The molecule has 0 aliphatic carbocycles. The molecule has 20 nitrogen and oxygen atoms in total. The zero-order valence-electron chi connectivity index (χ0n) is 28.0. The van der Waals surface area contributed by atoms with Crippen molar-refractivity contribution in [1.29, 1.82) is 0 Å². The number of hydrogen-bond acceptors (Lipinski definition) is 13. The van der Waals surface area contributed by atoms with Crippen molar-refractivity contribution in [3.63, 3.8) is 0 Å². The maximum absolute atomic E-state index is 12.9. The monoisotopic (exact) mass is 723 g/mol. The number of unbranched alkanes of at least 4 members (excludes halogenated alkanes) is 1. The topological polar surface area (TPSA) is 293 Å². The molecule has 0 aliphatic heterocycles. The lowest BCUT2D eigenvalue weighted by molar-refractivity contribution is -0.140. The molecule has 3 amide bonds. The summed E-state index contributed by atoms with van der Waals surface area (Å²) in [5.41, 5.74) is 6.63. The lowest BCUT2D eigenvalue weighted by Crippen LogP contribution is -2.51. The van der Waals surface area contributed by atoms with E-state index < -0.39 is 48.4 Å². The van der Waals surface area contributed by atoms with Crippen LogP contribution in [0, 0.1) is 0 Å². The number of carbonyl (C=O) groups is 6. The van der Waals surface area contributed by atoms with Gasteiger partial charge >= 0.3 is 23.9 Å². The largest absolute Gasteiger partial charge is 0.481 e. The van der Waals surface area contributed by atoms with Gasteiger partial charge in [0.05, 0.1) is 64.7 Å². The molecule has 2 atom stereocenters. The predicted octanol–water partition coefficient (Wildman–Crippen LogP) is -0.425. The fraction of sp³-hybridized carbons (Fsp3) is 0.548. The minimum atomic E-state index is -1.52. The Morgan fingerprint density at radius 3 is 2.02 bits per heavy atom. The molecule has 1 heterocycles. The fourth-order valence-corrected chi connectivity index (χ4v) is 4.29. The molecule has 0 bridgehead atoms. The van der Waals surface area contributed by atoms with Crippen LogP contribution in [-0.2, 0) is 39.9 Å². The second-order valence-corrected chi connectivity index (χ2v) is 10.8. The van der Waals surface area contributed by atoms with Gasteiger partial charge in [-0.15, -0.1) is 5.10 Å². The van der Waals surface area contributed by atoms with Crippen molar-refractivity contribution in [2.75, 3.05) is 59.3 Å². The first-order valence-electron chi connectivity index (χ1n) is 16.1. The highest BCUT2D eigenvalue weighted by atomic mass is 16.6. The first kappa shape index (κ1) is 42.1. The molecule has 8 N–H and O–H groups in total. The zero-order valence-corrected chi connectivity index (χ0v) is 28.0. The Hall–Kier alpha value is -5.02. The summed E-state index contributed by atoms with van der Waals surface area (Å²) in [6, 6.07) is 0.494. The number of aromatic nitrogens is 3. The van der Waals surface area contributed by atoms with Crippen LogP contribution in [0.1, 0.15) is 58.5 Å². The van der Waals surface area contributed by atoms with Crippen LogP contribution >= 0.6 is 0 Å². The van der Waals surface area contributed by atoms with Crippen LogP contribution in [0.25, 0.3) is 5.69 Å². The van der Waals surface area contributed by atoms with Gasteiger partial charge in [0.15, 0.2) is 0 Å². The fourth-order valence-electron chi connectivity index (χ4n) is 4.29. The number of ether oxygens (including phenoxy) is 4. The summed E-state index contributed by atoms with van der Waals surface area (Å²) in [6.45, 7) is 3.66. The Morgan fingerprint density at radius 1 is 0.824 bits per heavy atom. The van der Waals surface area contributed by atoms with Crippen molar-refractivity contribution in [3.05, 3.63) is 41.2 Å². The smallest absolute Gasteiger partial charge is 0.326 e. The average Bonchev–Trinajstić information content (AvgIpc) is 3.58. The molecule has 2 aromatic rings. The molecule has 0 radical (unpaired) electrons. The van der Waals surface area contributed by atoms with Crippen LogP contribution in [0.2, 0.25) is 0 Å². The molecule has 2 rings (SSSR count). The van der Waals surface area contributed by atoms with Crippen LogP contribution < -0.4 is 21.7 Å². The molecular formula is C31H45N7O13. The lowest BCUT2D eigenvalue weighted by atomic mass is 10.1. The Labute approximate surface area is 292 Å². The van der Waals surface area contributed by atoms with Crippen molar-refractivity contribution in [2.45, 2.75) is 50.8 Å². The minimum absolute atomic E-state index is 0.0386. The van der Waals surface area contributed by atoms with Crippen LogP contribution in [-0.4, -0.2) is 138 Å². The molecule has 0 spiro atoms. The van der Waals surface area contributed by atoms with Gasteiger partial charge in [-0.1, -0.05) is 5.21 Å². The lowest BCUT2D eigenvalue weighted by Gasteiger charge is -2.18. The summed E-state index contributed by atoms with van der Waals surface area (Å²) in [4.78, 5) is 70.2. The number of nitrogens with zero attached hydrogens (tertiary/aromatic N) is 3. The van der Waals surface area contributed by atoms with Crippen molar-refractivity contribution >= 4 is 36.1 Å². The molecule has 20 heteroatoms. The average molecular weight is 724 g/mol. The summed E-state index contributed by atoms with van der Waals surface area (Å²) in [5, 5.41) is 42.4. The van der Waals surface area contributed by atoms with E-state index >= 15 is 0 Å². The van der Waals surface area contributed by atoms with Crippen molar-refractivity contribution in [3.8, 4) is 5.69 Å². The SMILES string of the molecule is NCCOCCOCCOCCOCc1cn(-c2cc(C=O)cc(C(=O)NCCCC[C@H](NC(=O)N[C@@H](CCC(=O)O)C(=O)O)C(=O)O)c2)nn1. The van der Waals surface area contributed by atoms with E-state index in [1.165, 1.54) is 22.9 Å². The van der Waals surface area contributed by atoms with E-state index in [0.717, 1.165) is 0 Å². The molecule has 0 unspecified atom stereocenters. The number of nitrogens with two attached hydrogens (primary N) is 1. The van der Waals surface area contributed by atoms with E-state index in [9.17, 15) is 33.9 Å². The maximum atomic E-state index is 12.9. The van der Waals surface area contributed by atoms with Crippen LogP contribution in [0.3, 0.4) is 0 Å². The van der Waals surface area contributed by atoms with Gasteiger partial charge in [0.2, 0.25) is 0 Å². The number of carboxylic acids is 3. The molecule has 282 valence electrons. The van der Waals surface area contributed by atoms with Crippen molar-refractivity contribution < 1.29 is 63.0 Å². The summed E-state index contributed by atoms with van der Waals surface area (Å²) in [7, 11) is 0. The van der Waals surface area contributed by atoms with Gasteiger partial charge in [0.25, 0.3) is 5.91 Å². The molecule has 1 aromatic carbocycles. The van der Waals surface area contributed by atoms with Gasteiger partial charge in [0, 0.05) is 30.6 Å². The van der Waals surface area contributed by atoms with Crippen molar-refractivity contribution in [1.82, 2.24) is 30.9 Å². The van der Waals surface area contributed by atoms with E-state index in [-0.39, 0.29) is 43.5 Å². The normalized spacial score (nSPS) is 12.1. The van der Waals surface area contributed by atoms with Crippen molar-refractivity contribution in [2.24, 2.45) is 5.73 Å². The second-order valence-electron chi connectivity index (χ2n) is 10.8. The summed E-state index contributed by atoms with van der Waals surface area (Å²) >= 11 is 0. The number of nitrogens with one attached hydrogen (secondary N) is 3. The van der Waals surface area contributed by atoms with Gasteiger partial charge in [0.1, 0.15) is 24.1 Å². The number of benzene rings is 1. The first-order chi connectivity index (χ1) is 24.5. The van der Waals surface area contributed by atoms with Crippen LogP contribution in [0.4, 0.5) is 4.79 Å². The van der Waals surface area contributed by atoms with E-state index in [1.807, 2.05) is 0 Å². The minimum Gasteiger partial charge on any atom is -0.481 e. The third-order valence-corrected chi connectivity index (χ3v) is 6.83. The molecule has 0 aliphatic rings. The van der Waals surface area contributed by atoms with Crippen LogP contribution in [0.5, 0.6) is 0 Å². The molecule has 0 saturated carbocycles. The van der Waals surface area contributed by atoms with E-state index in [2.05, 4.69) is 26.3 Å². The molecular weight excluding hydrogens is 678 g/mol. The van der Waals surface area contributed by atoms with E-state index in [0.29, 0.717) is 76.9 Å². The Bertz CT molecular complexity index is 1420. The standard InChI is InChI=1S/C31H45N7O13/c32-6-8-48-9-10-49-11-12-50-13-14-51-20-23-18-38(37-36-23)24-16-21(19-39)15-22(17-24)28(42)33-7-2-1-3-25(29(43)44)34-31(47)35-26(30(45)46)4-5-27(40)41/h15-19,25-26H,1-14,20,32H2,(H,33,42)(H,40,41)(H,43,44)(H,45,46)(H2,34,35,47)/t25-,26-/m0/s1. The summed E-state index contributed by atoms with van der Waals surface area (Å²) in [5.74, 6) is -4.57. The third-order valence-electron chi connectivity index (χ3n) is 6.83. The predicted molar refractivity (Wildman–Crippen MR) is 175 cm³/mol. The number of carboxylic acid groups (broad SMARTS) is 3. The van der Waals surface area contributed by atoms with Gasteiger partial charge in [-0.05, 0) is 43.9 Å². The summed E-state index contributed by atoms with van der Waals surface area (Å²) < 4.78 is 23.0. The number of amides is 3. The number of aldehydes is 1. The van der Waals surface area contributed by atoms with Gasteiger partial charge in [-0.3, -0.25) is 14.4 Å². The zero-order chi connectivity index (χ0) is 37.4. The molecule has 1 aromatic heterocycles. The number of aliphatic carboxylic acids is 3. The highest BCUT2D eigenvalue weighted by Crippen LogP contribution is 2.14. The number of hydrogen-bond donors (Lipinski definition) is 7. The Kier molecular flexibility index (Phi) is 20.0. The number of carbonyl (C=O) groups excluding carboxylic acids is 3. The second kappa shape index (κ2) is 24.2. The Balaban J connectivity index is 1.77. The molecule has 0 fully saturated rings. The summed E-state index contributed by atoms with van der Waals surface area (Å²) in [6.07, 6.45) is 1.83.